The Balaban J connectivity index is 2.02. The van der Waals surface area contributed by atoms with Crippen LogP contribution in [0.1, 0.15) is 12.5 Å². The first kappa shape index (κ1) is 19.5. The normalized spacial score (nSPS) is 10.2. The summed E-state index contributed by atoms with van der Waals surface area (Å²) in [6, 6.07) is 8.86. The minimum atomic E-state index is -0.490. The molecule has 0 aliphatic rings. The van der Waals surface area contributed by atoms with Gasteiger partial charge in [0.15, 0.2) is 11.6 Å². The molecule has 0 atom stereocenters. The van der Waals surface area contributed by atoms with E-state index in [1.165, 1.54) is 37.1 Å². The minimum absolute atomic E-state index is 0.145. The van der Waals surface area contributed by atoms with Crippen molar-refractivity contribution in [2.45, 2.75) is 13.5 Å². The van der Waals surface area contributed by atoms with Crippen LogP contribution in [0.5, 0.6) is 5.75 Å². The number of hydrogen-bond donors (Lipinski definition) is 2. The van der Waals surface area contributed by atoms with E-state index in [0.717, 1.165) is 0 Å². The number of hydrogen-bond acceptors (Lipinski definition) is 3. The van der Waals surface area contributed by atoms with Crippen molar-refractivity contribution in [2.24, 2.45) is 0 Å². The molecule has 0 radical (unpaired) electrons. The first-order valence-corrected chi connectivity index (χ1v) is 8.09. The van der Waals surface area contributed by atoms with Crippen LogP contribution in [0.15, 0.2) is 36.4 Å². The lowest BCUT2D eigenvalue weighted by atomic mass is 10.2. The second kappa shape index (κ2) is 8.53. The van der Waals surface area contributed by atoms with Crippen molar-refractivity contribution in [3.8, 4) is 5.75 Å². The van der Waals surface area contributed by atoms with Gasteiger partial charge in [0.05, 0.1) is 17.8 Å². The Morgan fingerprint density at radius 1 is 1.19 bits per heavy atom. The van der Waals surface area contributed by atoms with Gasteiger partial charge in [-0.05, 0) is 35.9 Å². The van der Waals surface area contributed by atoms with Crippen molar-refractivity contribution in [2.75, 3.05) is 24.8 Å². The average Bonchev–Trinajstić information content (AvgIpc) is 2.57. The van der Waals surface area contributed by atoms with Crippen LogP contribution >= 0.6 is 11.6 Å². The van der Waals surface area contributed by atoms with E-state index >= 15 is 0 Å². The molecule has 8 heteroatoms. The molecule has 2 rings (SSSR count). The number of benzene rings is 2. The number of carbonyl (C=O) groups is 2. The first-order valence-electron chi connectivity index (χ1n) is 7.72. The van der Waals surface area contributed by atoms with Crippen LogP contribution in [-0.4, -0.2) is 31.0 Å². The fourth-order valence-electron chi connectivity index (χ4n) is 2.26. The lowest BCUT2D eigenvalue weighted by Crippen LogP contribution is -2.31. The third-order valence-electron chi connectivity index (χ3n) is 3.51. The predicted octanol–water partition coefficient (Wildman–Crippen LogP) is 4.11. The van der Waals surface area contributed by atoms with E-state index in [1.807, 2.05) is 0 Å². The van der Waals surface area contributed by atoms with Crippen LogP contribution in [-0.2, 0) is 11.3 Å². The van der Waals surface area contributed by atoms with E-state index in [9.17, 15) is 14.0 Å². The summed E-state index contributed by atoms with van der Waals surface area (Å²) in [5.41, 5.74) is 1.55. The zero-order valence-electron chi connectivity index (χ0n) is 14.6. The van der Waals surface area contributed by atoms with Gasteiger partial charge in [0, 0.05) is 26.2 Å². The number of methoxy groups -OCH3 is 1. The highest BCUT2D eigenvalue weighted by Crippen LogP contribution is 2.26. The highest BCUT2D eigenvalue weighted by atomic mass is 35.5. The van der Waals surface area contributed by atoms with Gasteiger partial charge in [0.2, 0.25) is 5.91 Å². The number of urea groups is 1. The second-order valence-corrected chi connectivity index (χ2v) is 6.04. The zero-order chi connectivity index (χ0) is 19.3. The molecular weight excluding hydrogens is 361 g/mol. The Bertz CT molecular complexity index is 829. The molecule has 0 unspecified atom stereocenters. The van der Waals surface area contributed by atoms with Crippen LogP contribution in [0.3, 0.4) is 0 Å². The van der Waals surface area contributed by atoms with Crippen molar-refractivity contribution in [3.05, 3.63) is 52.8 Å². The first-order chi connectivity index (χ1) is 12.3. The molecular formula is C18H19ClFN3O3. The fourth-order valence-corrected chi connectivity index (χ4v) is 2.49. The molecule has 2 N–H and O–H groups in total. The maximum atomic E-state index is 13.7. The lowest BCUT2D eigenvalue weighted by molar-refractivity contribution is -0.114. The molecule has 0 aliphatic heterocycles. The molecule has 0 aromatic heterocycles. The van der Waals surface area contributed by atoms with Gasteiger partial charge in [-0.1, -0.05) is 17.7 Å². The van der Waals surface area contributed by atoms with E-state index in [4.69, 9.17) is 16.3 Å². The monoisotopic (exact) mass is 379 g/mol. The topological polar surface area (TPSA) is 70.7 Å². The van der Waals surface area contributed by atoms with Gasteiger partial charge < -0.3 is 20.3 Å². The van der Waals surface area contributed by atoms with Crippen LogP contribution in [0.2, 0.25) is 5.02 Å². The van der Waals surface area contributed by atoms with E-state index in [0.29, 0.717) is 16.9 Å². The maximum Gasteiger partial charge on any atom is 0.321 e. The molecule has 2 aromatic carbocycles. The molecule has 3 amide bonds. The Hall–Kier alpha value is -2.80. The molecule has 0 saturated carbocycles. The van der Waals surface area contributed by atoms with Crippen molar-refractivity contribution in [1.82, 2.24) is 4.90 Å². The zero-order valence-corrected chi connectivity index (χ0v) is 15.4. The summed E-state index contributed by atoms with van der Waals surface area (Å²) in [5, 5.41) is 5.56. The molecule has 0 saturated heterocycles. The van der Waals surface area contributed by atoms with Gasteiger partial charge in [0.25, 0.3) is 0 Å². The molecule has 2 aromatic rings. The summed E-state index contributed by atoms with van der Waals surface area (Å²) in [6.45, 7) is 1.59. The van der Waals surface area contributed by atoms with Gasteiger partial charge in [-0.25, -0.2) is 9.18 Å². The molecule has 138 valence electrons. The molecule has 0 bridgehead atoms. The summed E-state index contributed by atoms with van der Waals surface area (Å²) in [5.74, 6) is -0.563. The molecule has 0 fully saturated rings. The Morgan fingerprint density at radius 3 is 2.50 bits per heavy atom. The highest BCUT2D eigenvalue weighted by molar-refractivity contribution is 6.34. The molecule has 6 nitrogen and oxygen atoms in total. The van der Waals surface area contributed by atoms with Crippen molar-refractivity contribution in [1.29, 1.82) is 0 Å². The van der Waals surface area contributed by atoms with Crippen molar-refractivity contribution >= 4 is 34.9 Å². The van der Waals surface area contributed by atoms with Gasteiger partial charge >= 0.3 is 6.03 Å². The Morgan fingerprint density at radius 2 is 1.92 bits per heavy atom. The van der Waals surface area contributed by atoms with Gasteiger partial charge in [-0.2, -0.15) is 0 Å². The molecule has 26 heavy (non-hydrogen) atoms. The quantitative estimate of drug-likeness (QED) is 0.821. The molecule has 0 heterocycles. The van der Waals surface area contributed by atoms with E-state index in [1.54, 1.807) is 25.2 Å². The molecule has 0 aliphatic carbocycles. The summed E-state index contributed by atoms with van der Waals surface area (Å²) >= 11 is 6.13. The summed E-state index contributed by atoms with van der Waals surface area (Å²) in [4.78, 5) is 24.7. The van der Waals surface area contributed by atoms with Crippen LogP contribution in [0.4, 0.5) is 20.6 Å². The summed E-state index contributed by atoms with van der Waals surface area (Å²) < 4.78 is 18.6. The largest absolute Gasteiger partial charge is 0.494 e. The van der Waals surface area contributed by atoms with Crippen molar-refractivity contribution < 1.29 is 18.7 Å². The smallest absolute Gasteiger partial charge is 0.321 e. The number of carbonyl (C=O) groups excluding carboxylic acids is 2. The van der Waals surface area contributed by atoms with Crippen LogP contribution in [0, 0.1) is 5.82 Å². The van der Waals surface area contributed by atoms with Gasteiger partial charge in [-0.3, -0.25) is 4.79 Å². The number of anilines is 2. The second-order valence-electron chi connectivity index (χ2n) is 5.63. The predicted molar refractivity (Wildman–Crippen MR) is 99.2 cm³/mol. The highest BCUT2D eigenvalue weighted by Gasteiger charge is 2.13. The SMILES string of the molecule is COc1ccc(CN(C)C(=O)Nc2ccc(NC(C)=O)cc2Cl)cc1F. The lowest BCUT2D eigenvalue weighted by Gasteiger charge is -2.19. The number of rotatable bonds is 5. The molecule has 0 spiro atoms. The summed E-state index contributed by atoms with van der Waals surface area (Å²) in [7, 11) is 2.97. The number of nitrogens with one attached hydrogen (secondary N) is 2. The number of halogens is 2. The fraction of sp³-hybridized carbons (Fsp3) is 0.222. The van der Waals surface area contributed by atoms with Crippen LogP contribution < -0.4 is 15.4 Å². The van der Waals surface area contributed by atoms with E-state index < -0.39 is 11.8 Å². The van der Waals surface area contributed by atoms with Crippen LogP contribution in [0.25, 0.3) is 0 Å². The maximum absolute atomic E-state index is 13.7. The summed E-state index contributed by atoms with van der Waals surface area (Å²) in [6.07, 6.45) is 0. The number of nitrogens with zero attached hydrogens (tertiary/aromatic N) is 1. The average molecular weight is 380 g/mol. The minimum Gasteiger partial charge on any atom is -0.494 e. The standard InChI is InChI=1S/C18H19ClFN3O3/c1-11(24)21-13-5-6-16(14(19)9-13)22-18(25)23(2)10-12-4-7-17(26-3)15(20)8-12/h4-9H,10H2,1-3H3,(H,21,24)(H,22,25). The van der Waals surface area contributed by atoms with E-state index in [2.05, 4.69) is 10.6 Å². The van der Waals surface area contributed by atoms with Gasteiger partial charge in [0.1, 0.15) is 0 Å². The van der Waals surface area contributed by atoms with Gasteiger partial charge in [-0.15, -0.1) is 0 Å². The Labute approximate surface area is 155 Å². The number of amides is 3. The Kier molecular flexibility index (Phi) is 6.41. The van der Waals surface area contributed by atoms with E-state index in [-0.39, 0.29) is 23.2 Å². The van der Waals surface area contributed by atoms with Crippen molar-refractivity contribution in [3.63, 3.8) is 0 Å². The third-order valence-corrected chi connectivity index (χ3v) is 3.83. The number of ether oxygens (including phenoxy) is 1. The third kappa shape index (κ3) is 5.10.